The fourth-order valence-electron chi connectivity index (χ4n) is 0.576. The Morgan fingerprint density at radius 3 is 2.56 bits per heavy atom. The second-order valence-electron chi connectivity index (χ2n) is 1.89. The largest absolute Gasteiger partial charge is 0.394 e. The molecule has 0 aromatic heterocycles. The summed E-state index contributed by atoms with van der Waals surface area (Å²) in [5.74, 6) is 0.198. The van der Waals surface area contributed by atoms with Crippen molar-refractivity contribution in [1.82, 2.24) is 5.32 Å². The van der Waals surface area contributed by atoms with Crippen LogP contribution >= 0.6 is 0 Å². The number of carbonyl (C=O) groups is 1. The summed E-state index contributed by atoms with van der Waals surface area (Å²) in [6, 6.07) is 0. The molecule has 0 aromatic rings. The van der Waals surface area contributed by atoms with E-state index in [1.807, 2.05) is 13.8 Å². The zero-order valence-corrected chi connectivity index (χ0v) is 6.19. The van der Waals surface area contributed by atoms with Crippen LogP contribution in [0.1, 0.15) is 20.3 Å². The van der Waals surface area contributed by atoms with Crippen molar-refractivity contribution in [3.05, 3.63) is 11.8 Å². The maximum Gasteiger partial charge on any atom is 0.159 e. The van der Waals surface area contributed by atoms with Gasteiger partial charge in [0, 0.05) is 25.2 Å². The Hall–Kier alpha value is -0.790. The molecule has 0 saturated heterocycles. The van der Waals surface area contributed by atoms with Gasteiger partial charge in [-0.1, -0.05) is 6.92 Å². The van der Waals surface area contributed by atoms with Crippen molar-refractivity contribution in [3.8, 4) is 0 Å². The van der Waals surface area contributed by atoms with Crippen LogP contribution < -0.4 is 5.32 Å². The van der Waals surface area contributed by atoms with Crippen molar-refractivity contribution in [3.63, 3.8) is 0 Å². The summed E-state index contributed by atoms with van der Waals surface area (Å²) in [4.78, 5) is 10.8. The fraction of sp³-hybridized carbons (Fsp3) is 0.571. The van der Waals surface area contributed by atoms with Gasteiger partial charge in [0.05, 0.1) is 0 Å². The smallest absolute Gasteiger partial charge is 0.159 e. The first-order valence-corrected chi connectivity index (χ1v) is 3.09. The third-order valence-electron chi connectivity index (χ3n) is 1.12. The molecule has 0 rings (SSSR count). The summed E-state index contributed by atoms with van der Waals surface area (Å²) in [7, 11) is 1.78. The highest BCUT2D eigenvalue weighted by Crippen LogP contribution is 1.94. The summed E-state index contributed by atoms with van der Waals surface area (Å²) in [6.07, 6.45) is 2.30. The highest BCUT2D eigenvalue weighted by molar-refractivity contribution is 5.94. The summed E-state index contributed by atoms with van der Waals surface area (Å²) in [6.45, 7) is 3.66. The van der Waals surface area contributed by atoms with Crippen LogP contribution in [0.5, 0.6) is 0 Å². The van der Waals surface area contributed by atoms with E-state index in [4.69, 9.17) is 0 Å². The number of nitrogens with one attached hydrogen (secondary N) is 1. The van der Waals surface area contributed by atoms with Gasteiger partial charge in [-0.05, 0) is 6.92 Å². The molecule has 2 nitrogen and oxygen atoms in total. The van der Waals surface area contributed by atoms with Gasteiger partial charge in [0.25, 0.3) is 0 Å². The van der Waals surface area contributed by atoms with E-state index >= 15 is 0 Å². The Bertz CT molecular complexity index is 127. The summed E-state index contributed by atoms with van der Waals surface area (Å²) < 4.78 is 0. The minimum absolute atomic E-state index is 0.198. The standard InChI is InChI=1S/C7H13NO/c1-4-7(9)6(2)5-8-3/h5,8H,4H2,1-3H3. The number of hydrogen-bond acceptors (Lipinski definition) is 2. The molecular formula is C7H13NO. The van der Waals surface area contributed by atoms with Gasteiger partial charge >= 0.3 is 0 Å². The van der Waals surface area contributed by atoms with Crippen molar-refractivity contribution in [2.75, 3.05) is 7.05 Å². The number of allylic oxidation sites excluding steroid dienone is 1. The molecule has 0 aliphatic heterocycles. The van der Waals surface area contributed by atoms with E-state index in [1.165, 1.54) is 0 Å². The molecule has 52 valence electrons. The van der Waals surface area contributed by atoms with E-state index in [0.717, 1.165) is 5.57 Å². The Morgan fingerprint density at radius 1 is 1.67 bits per heavy atom. The molecule has 0 radical (unpaired) electrons. The maximum absolute atomic E-state index is 10.8. The first kappa shape index (κ1) is 8.21. The normalized spacial score (nSPS) is 11.2. The molecule has 9 heavy (non-hydrogen) atoms. The van der Waals surface area contributed by atoms with Crippen LogP contribution in [0.15, 0.2) is 11.8 Å². The monoisotopic (exact) mass is 127 g/mol. The van der Waals surface area contributed by atoms with Gasteiger partial charge in [-0.2, -0.15) is 0 Å². The first-order chi connectivity index (χ1) is 4.22. The van der Waals surface area contributed by atoms with Crippen molar-refractivity contribution >= 4 is 5.78 Å². The van der Waals surface area contributed by atoms with Crippen LogP contribution in [-0.2, 0) is 4.79 Å². The molecule has 0 amide bonds. The van der Waals surface area contributed by atoms with Crippen LogP contribution in [0.2, 0.25) is 0 Å². The molecule has 0 heterocycles. The number of Topliss-reactive ketones (excluding diaryl/α,β-unsaturated/α-hetero) is 1. The van der Waals surface area contributed by atoms with E-state index in [2.05, 4.69) is 5.32 Å². The van der Waals surface area contributed by atoms with Gasteiger partial charge in [0.1, 0.15) is 0 Å². The van der Waals surface area contributed by atoms with Gasteiger partial charge in [-0.15, -0.1) is 0 Å². The Kier molecular flexibility index (Phi) is 3.76. The molecule has 0 spiro atoms. The van der Waals surface area contributed by atoms with Crippen molar-refractivity contribution in [2.45, 2.75) is 20.3 Å². The third kappa shape index (κ3) is 2.90. The van der Waals surface area contributed by atoms with E-state index in [0.29, 0.717) is 6.42 Å². The van der Waals surface area contributed by atoms with Crippen molar-refractivity contribution in [2.24, 2.45) is 0 Å². The van der Waals surface area contributed by atoms with Gasteiger partial charge in [-0.3, -0.25) is 4.79 Å². The third-order valence-corrected chi connectivity index (χ3v) is 1.12. The molecule has 0 aromatic carbocycles. The van der Waals surface area contributed by atoms with Crippen molar-refractivity contribution in [1.29, 1.82) is 0 Å². The highest BCUT2D eigenvalue weighted by Gasteiger charge is 1.97. The van der Waals surface area contributed by atoms with Crippen LogP contribution in [0.4, 0.5) is 0 Å². The molecule has 1 N–H and O–H groups in total. The van der Waals surface area contributed by atoms with Gasteiger partial charge in [0.15, 0.2) is 5.78 Å². The quantitative estimate of drug-likeness (QED) is 0.575. The van der Waals surface area contributed by atoms with Crippen LogP contribution in [0.25, 0.3) is 0 Å². The minimum atomic E-state index is 0.198. The van der Waals surface area contributed by atoms with Crippen LogP contribution in [0, 0.1) is 0 Å². The molecular weight excluding hydrogens is 114 g/mol. The van der Waals surface area contributed by atoms with E-state index in [9.17, 15) is 4.79 Å². The number of hydrogen-bond donors (Lipinski definition) is 1. The number of ketones is 1. The molecule has 0 aliphatic carbocycles. The average molecular weight is 127 g/mol. The zero-order chi connectivity index (χ0) is 7.28. The summed E-state index contributed by atoms with van der Waals surface area (Å²) >= 11 is 0. The fourth-order valence-corrected chi connectivity index (χ4v) is 0.576. The van der Waals surface area contributed by atoms with Crippen LogP contribution in [0.3, 0.4) is 0 Å². The lowest BCUT2D eigenvalue weighted by Crippen LogP contribution is -2.02. The van der Waals surface area contributed by atoms with Gasteiger partial charge < -0.3 is 5.32 Å². The summed E-state index contributed by atoms with van der Waals surface area (Å²) in [5.41, 5.74) is 0.792. The van der Waals surface area contributed by atoms with Gasteiger partial charge in [0.2, 0.25) is 0 Å². The lowest BCUT2D eigenvalue weighted by atomic mass is 10.2. The van der Waals surface area contributed by atoms with Gasteiger partial charge in [-0.25, -0.2) is 0 Å². The van der Waals surface area contributed by atoms with E-state index in [-0.39, 0.29) is 5.78 Å². The summed E-state index contributed by atoms with van der Waals surface area (Å²) in [5, 5.41) is 2.80. The zero-order valence-electron chi connectivity index (χ0n) is 6.19. The first-order valence-electron chi connectivity index (χ1n) is 3.09. The molecule has 0 aliphatic rings. The molecule has 0 atom stereocenters. The molecule has 0 bridgehead atoms. The maximum atomic E-state index is 10.8. The van der Waals surface area contributed by atoms with E-state index < -0.39 is 0 Å². The number of carbonyl (C=O) groups excluding carboxylic acids is 1. The lowest BCUT2D eigenvalue weighted by molar-refractivity contribution is -0.115. The Morgan fingerprint density at radius 2 is 2.22 bits per heavy atom. The SMILES string of the molecule is CCC(=O)C(C)=CNC. The lowest BCUT2D eigenvalue weighted by Gasteiger charge is -1.94. The molecule has 0 saturated carbocycles. The predicted molar refractivity (Wildman–Crippen MR) is 38.1 cm³/mol. The second kappa shape index (κ2) is 4.13. The average Bonchev–Trinajstić information content (AvgIpc) is 1.87. The predicted octanol–water partition coefficient (Wildman–Crippen LogP) is 1.09. The molecule has 0 fully saturated rings. The highest BCUT2D eigenvalue weighted by atomic mass is 16.1. The Balaban J connectivity index is 3.86. The second-order valence-corrected chi connectivity index (χ2v) is 1.89. The van der Waals surface area contributed by atoms with Crippen LogP contribution in [-0.4, -0.2) is 12.8 Å². The molecule has 2 heteroatoms. The molecule has 0 unspecified atom stereocenters. The Labute approximate surface area is 56.0 Å². The van der Waals surface area contributed by atoms with E-state index in [1.54, 1.807) is 13.2 Å². The van der Waals surface area contributed by atoms with Crippen molar-refractivity contribution < 1.29 is 4.79 Å². The minimum Gasteiger partial charge on any atom is -0.394 e. The number of rotatable bonds is 3. The topological polar surface area (TPSA) is 29.1 Å².